The average molecular weight is 217 g/mol. The predicted molar refractivity (Wildman–Crippen MR) is 44.8 cm³/mol. The normalized spacial score (nSPS) is 14.9. The van der Waals surface area contributed by atoms with Crippen LogP contribution in [0.25, 0.3) is 0 Å². The standard InChI is InChI=1S/C6H14F2NO3P/c1-3-11-13(10,12-4-2)6(9)5(7)8/h5-6H,3-4,9H2,1-2H3. The Morgan fingerprint density at radius 3 is 1.92 bits per heavy atom. The second-order valence-corrected chi connectivity index (χ2v) is 4.39. The maximum Gasteiger partial charge on any atom is 0.353 e. The molecule has 2 N–H and O–H groups in total. The van der Waals surface area contributed by atoms with E-state index < -0.39 is 19.8 Å². The van der Waals surface area contributed by atoms with Crippen molar-refractivity contribution in [3.05, 3.63) is 0 Å². The molecule has 0 aromatic carbocycles. The Labute approximate surface area is 75.9 Å². The zero-order valence-electron chi connectivity index (χ0n) is 7.57. The van der Waals surface area contributed by atoms with Crippen molar-refractivity contribution in [3.8, 4) is 0 Å². The monoisotopic (exact) mass is 217 g/mol. The lowest BCUT2D eigenvalue weighted by Gasteiger charge is -2.22. The summed E-state index contributed by atoms with van der Waals surface area (Å²) < 4.78 is 45.0. The van der Waals surface area contributed by atoms with Crippen LogP contribution < -0.4 is 5.73 Å². The molecular weight excluding hydrogens is 203 g/mol. The first kappa shape index (κ1) is 13.0. The van der Waals surface area contributed by atoms with E-state index in [9.17, 15) is 13.3 Å². The van der Waals surface area contributed by atoms with E-state index in [1.54, 1.807) is 0 Å². The highest BCUT2D eigenvalue weighted by atomic mass is 31.2. The second kappa shape index (κ2) is 5.65. The molecule has 0 heterocycles. The zero-order chi connectivity index (χ0) is 10.5. The summed E-state index contributed by atoms with van der Waals surface area (Å²) in [6, 6.07) is 0. The van der Waals surface area contributed by atoms with Crippen LogP contribution in [0.3, 0.4) is 0 Å². The number of halogens is 2. The maximum atomic E-state index is 12.1. The molecule has 0 fully saturated rings. The number of hydrogen-bond donors (Lipinski definition) is 1. The van der Waals surface area contributed by atoms with Crippen LogP contribution in [-0.4, -0.2) is 25.4 Å². The van der Waals surface area contributed by atoms with Crippen LogP contribution in [-0.2, 0) is 13.6 Å². The molecule has 0 bridgehead atoms. The molecule has 0 amide bonds. The Kier molecular flexibility index (Phi) is 5.64. The van der Waals surface area contributed by atoms with Crippen molar-refractivity contribution < 1.29 is 22.4 Å². The van der Waals surface area contributed by atoms with Gasteiger partial charge < -0.3 is 14.8 Å². The van der Waals surface area contributed by atoms with E-state index >= 15 is 0 Å². The Balaban J connectivity index is 4.47. The highest BCUT2D eigenvalue weighted by molar-refractivity contribution is 7.54. The first-order valence-electron chi connectivity index (χ1n) is 3.90. The first-order valence-corrected chi connectivity index (χ1v) is 5.51. The predicted octanol–water partition coefficient (Wildman–Crippen LogP) is 1.80. The third-order valence-corrected chi connectivity index (χ3v) is 3.43. The molecule has 0 rings (SSSR count). The highest BCUT2D eigenvalue weighted by Gasteiger charge is 2.39. The SMILES string of the molecule is CCOP(=O)(OCC)C(N)C(F)F. The molecule has 80 valence electrons. The zero-order valence-corrected chi connectivity index (χ0v) is 8.47. The number of nitrogens with two attached hydrogens (primary N) is 1. The summed E-state index contributed by atoms with van der Waals surface area (Å²) in [4.78, 5) is 0. The van der Waals surface area contributed by atoms with Gasteiger partial charge in [-0.2, -0.15) is 0 Å². The van der Waals surface area contributed by atoms with Crippen molar-refractivity contribution in [2.24, 2.45) is 5.73 Å². The quantitative estimate of drug-likeness (QED) is 0.689. The summed E-state index contributed by atoms with van der Waals surface area (Å²) in [5.74, 6) is -1.87. The second-order valence-electron chi connectivity index (χ2n) is 2.20. The van der Waals surface area contributed by atoms with E-state index in [0.29, 0.717) is 0 Å². The van der Waals surface area contributed by atoms with Gasteiger partial charge in [-0.3, -0.25) is 4.57 Å². The molecule has 0 aliphatic heterocycles. The van der Waals surface area contributed by atoms with Gasteiger partial charge in [-0.1, -0.05) is 0 Å². The Hall–Kier alpha value is -0.0300. The van der Waals surface area contributed by atoms with Gasteiger partial charge in [0, 0.05) is 0 Å². The number of rotatable bonds is 6. The van der Waals surface area contributed by atoms with E-state index in [1.165, 1.54) is 13.8 Å². The Morgan fingerprint density at radius 1 is 1.31 bits per heavy atom. The Morgan fingerprint density at radius 2 is 1.69 bits per heavy atom. The van der Waals surface area contributed by atoms with Crippen LogP contribution in [0.4, 0.5) is 8.78 Å². The minimum atomic E-state index is -3.84. The van der Waals surface area contributed by atoms with Gasteiger partial charge in [0.2, 0.25) is 0 Å². The fourth-order valence-electron chi connectivity index (χ4n) is 0.707. The molecule has 13 heavy (non-hydrogen) atoms. The summed E-state index contributed by atoms with van der Waals surface area (Å²) >= 11 is 0. The van der Waals surface area contributed by atoms with Crippen LogP contribution in [0, 0.1) is 0 Å². The van der Waals surface area contributed by atoms with Gasteiger partial charge in [0.25, 0.3) is 6.43 Å². The van der Waals surface area contributed by atoms with Gasteiger partial charge in [-0.25, -0.2) is 8.78 Å². The van der Waals surface area contributed by atoms with Gasteiger partial charge in [0.1, 0.15) is 0 Å². The van der Waals surface area contributed by atoms with Gasteiger partial charge in [0.05, 0.1) is 13.2 Å². The summed E-state index contributed by atoms with van der Waals surface area (Å²) in [6.07, 6.45) is -2.91. The molecule has 0 aliphatic rings. The first-order chi connectivity index (χ1) is 5.98. The summed E-state index contributed by atoms with van der Waals surface area (Å²) in [6.45, 7) is 3.11. The maximum absolute atomic E-state index is 12.1. The number of hydrogen-bond acceptors (Lipinski definition) is 4. The molecular formula is C6H14F2NO3P. The van der Waals surface area contributed by atoms with Crippen molar-refractivity contribution in [2.45, 2.75) is 26.1 Å². The van der Waals surface area contributed by atoms with Crippen LogP contribution in [0.1, 0.15) is 13.8 Å². The highest BCUT2D eigenvalue weighted by Crippen LogP contribution is 2.52. The molecule has 0 spiro atoms. The van der Waals surface area contributed by atoms with Crippen molar-refractivity contribution >= 4 is 7.60 Å². The van der Waals surface area contributed by atoms with E-state index in [4.69, 9.17) is 5.73 Å². The van der Waals surface area contributed by atoms with Crippen LogP contribution in [0.5, 0.6) is 0 Å². The lowest BCUT2D eigenvalue weighted by atomic mass is 10.7. The topological polar surface area (TPSA) is 61.5 Å². The van der Waals surface area contributed by atoms with Gasteiger partial charge in [-0.05, 0) is 13.8 Å². The third-order valence-electron chi connectivity index (χ3n) is 1.24. The fourth-order valence-corrected chi connectivity index (χ4v) is 2.12. The van der Waals surface area contributed by atoms with E-state index in [2.05, 4.69) is 9.05 Å². The minimum Gasteiger partial charge on any atom is -0.313 e. The molecule has 0 radical (unpaired) electrons. The van der Waals surface area contributed by atoms with Crippen LogP contribution in [0.15, 0.2) is 0 Å². The molecule has 1 atom stereocenters. The summed E-state index contributed by atoms with van der Waals surface area (Å²) in [7, 11) is -3.84. The molecule has 7 heteroatoms. The largest absolute Gasteiger partial charge is 0.353 e. The van der Waals surface area contributed by atoms with Crippen molar-refractivity contribution in [1.29, 1.82) is 0 Å². The smallest absolute Gasteiger partial charge is 0.313 e. The van der Waals surface area contributed by atoms with Crippen LogP contribution in [0.2, 0.25) is 0 Å². The lowest BCUT2D eigenvalue weighted by Crippen LogP contribution is -2.30. The van der Waals surface area contributed by atoms with E-state index in [1.807, 2.05) is 0 Å². The van der Waals surface area contributed by atoms with E-state index in [0.717, 1.165) is 0 Å². The van der Waals surface area contributed by atoms with Crippen LogP contribution >= 0.6 is 7.60 Å². The molecule has 1 unspecified atom stereocenters. The van der Waals surface area contributed by atoms with Gasteiger partial charge >= 0.3 is 7.60 Å². The Bertz CT molecular complexity index is 181. The fraction of sp³-hybridized carbons (Fsp3) is 1.00. The lowest BCUT2D eigenvalue weighted by molar-refractivity contribution is 0.117. The average Bonchev–Trinajstić information content (AvgIpc) is 2.03. The minimum absolute atomic E-state index is 0.0255. The molecule has 0 aliphatic carbocycles. The molecule has 0 aromatic heterocycles. The third kappa shape index (κ3) is 3.68. The van der Waals surface area contributed by atoms with Gasteiger partial charge in [0.15, 0.2) is 5.78 Å². The number of alkyl halides is 2. The summed E-state index contributed by atoms with van der Waals surface area (Å²) in [5, 5.41) is 0. The molecule has 0 aromatic rings. The molecule has 4 nitrogen and oxygen atoms in total. The van der Waals surface area contributed by atoms with Gasteiger partial charge in [-0.15, -0.1) is 0 Å². The molecule has 0 saturated carbocycles. The van der Waals surface area contributed by atoms with Crippen molar-refractivity contribution in [2.75, 3.05) is 13.2 Å². The van der Waals surface area contributed by atoms with Crippen molar-refractivity contribution in [1.82, 2.24) is 0 Å². The molecule has 0 saturated heterocycles. The van der Waals surface area contributed by atoms with E-state index in [-0.39, 0.29) is 13.2 Å². The van der Waals surface area contributed by atoms with Crippen molar-refractivity contribution in [3.63, 3.8) is 0 Å². The summed E-state index contributed by atoms with van der Waals surface area (Å²) in [5.41, 5.74) is 5.00.